The molecule has 1 heterocycles. The van der Waals surface area contributed by atoms with Crippen LogP contribution in [0.3, 0.4) is 0 Å². The van der Waals surface area contributed by atoms with E-state index in [0.717, 1.165) is 11.4 Å². The average molecular weight is 375 g/mol. The van der Waals surface area contributed by atoms with E-state index in [0.29, 0.717) is 26.2 Å². The van der Waals surface area contributed by atoms with Crippen molar-refractivity contribution in [3.8, 4) is 5.75 Å². The first-order chi connectivity index (χ1) is 12.6. The predicted molar refractivity (Wildman–Crippen MR) is 102 cm³/mol. The summed E-state index contributed by atoms with van der Waals surface area (Å²) in [5.74, 6) is 0.230. The highest BCUT2D eigenvalue weighted by molar-refractivity contribution is 6.32. The molecule has 1 aliphatic rings. The van der Waals surface area contributed by atoms with Gasteiger partial charge in [0, 0.05) is 37.8 Å². The minimum atomic E-state index is -0.442. The van der Waals surface area contributed by atoms with Crippen LogP contribution in [-0.2, 0) is 4.79 Å². The lowest BCUT2D eigenvalue weighted by Crippen LogP contribution is -2.48. The zero-order valence-corrected chi connectivity index (χ0v) is 15.2. The van der Waals surface area contributed by atoms with Gasteiger partial charge in [0.1, 0.15) is 11.6 Å². The number of carbonyl (C=O) groups is 1. The third-order valence-electron chi connectivity index (χ3n) is 4.41. The second-order valence-corrected chi connectivity index (χ2v) is 6.36. The molecule has 0 unspecified atom stereocenters. The Morgan fingerprint density at radius 2 is 1.85 bits per heavy atom. The SMILES string of the molecule is COc1ccccc1N1CCN(C(=O)/C=C/c2c(F)cccc2Cl)CC1. The molecule has 26 heavy (non-hydrogen) atoms. The lowest BCUT2D eigenvalue weighted by Gasteiger charge is -2.36. The Kier molecular flexibility index (Phi) is 5.78. The molecule has 3 rings (SSSR count). The highest BCUT2D eigenvalue weighted by Gasteiger charge is 2.21. The van der Waals surface area contributed by atoms with Crippen LogP contribution >= 0.6 is 11.6 Å². The molecule has 0 aliphatic carbocycles. The number of hydrogen-bond acceptors (Lipinski definition) is 3. The van der Waals surface area contributed by atoms with Gasteiger partial charge in [-0.05, 0) is 30.3 Å². The van der Waals surface area contributed by atoms with Crippen LogP contribution in [0.2, 0.25) is 5.02 Å². The number of anilines is 1. The van der Waals surface area contributed by atoms with Gasteiger partial charge in [0.25, 0.3) is 0 Å². The molecule has 1 fully saturated rings. The van der Waals surface area contributed by atoms with Crippen molar-refractivity contribution in [2.24, 2.45) is 0 Å². The third-order valence-corrected chi connectivity index (χ3v) is 4.74. The van der Waals surface area contributed by atoms with E-state index in [-0.39, 0.29) is 16.5 Å². The van der Waals surface area contributed by atoms with Gasteiger partial charge >= 0.3 is 0 Å². The molecule has 0 aromatic heterocycles. The van der Waals surface area contributed by atoms with E-state index in [1.165, 1.54) is 24.3 Å². The molecule has 1 amide bonds. The molecule has 0 bridgehead atoms. The Labute approximate surface area is 157 Å². The molecule has 4 nitrogen and oxygen atoms in total. The molecule has 0 spiro atoms. The largest absolute Gasteiger partial charge is 0.495 e. The van der Waals surface area contributed by atoms with Crippen molar-refractivity contribution < 1.29 is 13.9 Å². The van der Waals surface area contributed by atoms with Gasteiger partial charge < -0.3 is 14.5 Å². The van der Waals surface area contributed by atoms with Crippen LogP contribution in [0.25, 0.3) is 6.08 Å². The van der Waals surface area contributed by atoms with Gasteiger partial charge in [-0.15, -0.1) is 0 Å². The smallest absolute Gasteiger partial charge is 0.246 e. The topological polar surface area (TPSA) is 32.8 Å². The maximum Gasteiger partial charge on any atom is 0.246 e. The number of ether oxygens (including phenoxy) is 1. The fraction of sp³-hybridized carbons (Fsp3) is 0.250. The number of piperazine rings is 1. The predicted octanol–water partition coefficient (Wildman–Crippen LogP) is 3.85. The number of benzene rings is 2. The quantitative estimate of drug-likeness (QED) is 0.762. The molecule has 0 N–H and O–H groups in total. The standard InChI is InChI=1S/C20H20ClFN2O2/c1-26-19-8-3-2-7-18(19)23-11-13-24(14-12-23)20(25)10-9-15-16(21)5-4-6-17(15)22/h2-10H,11-14H2,1H3/b10-9+. The molecule has 2 aromatic carbocycles. The third kappa shape index (κ3) is 3.99. The summed E-state index contributed by atoms with van der Waals surface area (Å²) >= 11 is 5.98. The zero-order valence-electron chi connectivity index (χ0n) is 14.5. The summed E-state index contributed by atoms with van der Waals surface area (Å²) in [7, 11) is 1.65. The molecule has 0 saturated carbocycles. The van der Waals surface area contributed by atoms with Gasteiger partial charge in [0.2, 0.25) is 5.91 Å². The van der Waals surface area contributed by atoms with Gasteiger partial charge in [-0.2, -0.15) is 0 Å². The molecule has 1 saturated heterocycles. The normalized spacial score (nSPS) is 14.7. The molecule has 1 aliphatic heterocycles. The summed E-state index contributed by atoms with van der Waals surface area (Å²) in [6.45, 7) is 2.60. The lowest BCUT2D eigenvalue weighted by atomic mass is 10.2. The number of rotatable bonds is 4. The fourth-order valence-corrected chi connectivity index (χ4v) is 3.21. The van der Waals surface area contributed by atoms with E-state index in [1.807, 2.05) is 24.3 Å². The van der Waals surface area contributed by atoms with Crippen molar-refractivity contribution in [1.29, 1.82) is 0 Å². The van der Waals surface area contributed by atoms with E-state index in [2.05, 4.69) is 4.90 Å². The second-order valence-electron chi connectivity index (χ2n) is 5.95. The number of carbonyl (C=O) groups excluding carboxylic acids is 1. The number of hydrogen-bond donors (Lipinski definition) is 0. The highest BCUT2D eigenvalue weighted by Crippen LogP contribution is 2.28. The molecule has 6 heteroatoms. The van der Waals surface area contributed by atoms with Gasteiger partial charge in [0.05, 0.1) is 17.8 Å². The highest BCUT2D eigenvalue weighted by atomic mass is 35.5. The second kappa shape index (κ2) is 8.23. The molecule has 0 radical (unpaired) electrons. The Morgan fingerprint density at radius 1 is 1.12 bits per heavy atom. The summed E-state index contributed by atoms with van der Waals surface area (Å²) < 4.78 is 19.2. The van der Waals surface area contributed by atoms with Gasteiger partial charge in [-0.1, -0.05) is 29.8 Å². The van der Waals surface area contributed by atoms with E-state index in [4.69, 9.17) is 16.3 Å². The van der Waals surface area contributed by atoms with Crippen molar-refractivity contribution in [3.05, 3.63) is 64.9 Å². The van der Waals surface area contributed by atoms with Crippen LogP contribution in [-0.4, -0.2) is 44.1 Å². The first-order valence-corrected chi connectivity index (χ1v) is 8.77. The van der Waals surface area contributed by atoms with E-state index in [9.17, 15) is 9.18 Å². The van der Waals surface area contributed by atoms with Crippen molar-refractivity contribution in [1.82, 2.24) is 4.90 Å². The Hall–Kier alpha value is -2.53. The molecule has 2 aromatic rings. The van der Waals surface area contributed by atoms with Crippen LogP contribution in [0.5, 0.6) is 5.75 Å². The monoisotopic (exact) mass is 374 g/mol. The van der Waals surface area contributed by atoms with E-state index < -0.39 is 5.82 Å². The number of amides is 1. The first-order valence-electron chi connectivity index (χ1n) is 8.39. The first kappa shape index (κ1) is 18.3. The number of halogens is 2. The van der Waals surface area contributed by atoms with Crippen LogP contribution in [0.1, 0.15) is 5.56 Å². The summed E-state index contributed by atoms with van der Waals surface area (Å²) in [6, 6.07) is 12.3. The molecule has 0 atom stereocenters. The van der Waals surface area contributed by atoms with Crippen LogP contribution in [0.15, 0.2) is 48.5 Å². The van der Waals surface area contributed by atoms with Crippen molar-refractivity contribution in [3.63, 3.8) is 0 Å². The summed E-state index contributed by atoms with van der Waals surface area (Å²) in [5, 5.41) is 0.287. The van der Waals surface area contributed by atoms with Crippen LogP contribution < -0.4 is 9.64 Å². The van der Waals surface area contributed by atoms with Gasteiger partial charge in [-0.3, -0.25) is 4.79 Å². The Morgan fingerprint density at radius 3 is 2.54 bits per heavy atom. The number of methoxy groups -OCH3 is 1. The van der Waals surface area contributed by atoms with Gasteiger partial charge in [-0.25, -0.2) is 4.39 Å². The number of para-hydroxylation sites is 2. The summed E-state index contributed by atoms with van der Waals surface area (Å²) in [6.07, 6.45) is 2.82. The van der Waals surface area contributed by atoms with Gasteiger partial charge in [0.15, 0.2) is 0 Å². The van der Waals surface area contributed by atoms with Crippen molar-refractivity contribution in [2.45, 2.75) is 0 Å². The lowest BCUT2D eigenvalue weighted by molar-refractivity contribution is -0.126. The van der Waals surface area contributed by atoms with Crippen LogP contribution in [0, 0.1) is 5.82 Å². The number of nitrogens with zero attached hydrogens (tertiary/aromatic N) is 2. The average Bonchev–Trinajstić information content (AvgIpc) is 2.67. The maximum atomic E-state index is 13.8. The Balaban J connectivity index is 1.63. The summed E-state index contributed by atoms with van der Waals surface area (Å²) in [4.78, 5) is 16.3. The van der Waals surface area contributed by atoms with Crippen molar-refractivity contribution in [2.75, 3.05) is 38.2 Å². The Bertz CT molecular complexity index is 797. The maximum absolute atomic E-state index is 13.8. The fourth-order valence-electron chi connectivity index (χ4n) is 2.99. The van der Waals surface area contributed by atoms with E-state index in [1.54, 1.807) is 18.1 Å². The zero-order chi connectivity index (χ0) is 18.5. The molecular formula is C20H20ClFN2O2. The minimum Gasteiger partial charge on any atom is -0.495 e. The summed E-state index contributed by atoms with van der Waals surface area (Å²) in [5.41, 5.74) is 1.26. The molecular weight excluding hydrogens is 355 g/mol. The molecule has 136 valence electrons. The van der Waals surface area contributed by atoms with Crippen LogP contribution in [0.4, 0.5) is 10.1 Å². The van der Waals surface area contributed by atoms with Crippen molar-refractivity contribution >= 4 is 29.3 Å². The minimum absolute atomic E-state index is 0.149. The van der Waals surface area contributed by atoms with E-state index >= 15 is 0 Å².